The summed E-state index contributed by atoms with van der Waals surface area (Å²) in [6.07, 6.45) is 4.62. The third-order valence-electron chi connectivity index (χ3n) is 4.11. The van der Waals surface area contributed by atoms with Crippen LogP contribution in [0.5, 0.6) is 0 Å². The molecule has 0 aromatic carbocycles. The van der Waals surface area contributed by atoms with E-state index in [0.717, 1.165) is 37.7 Å². The molecule has 1 saturated heterocycles. The summed E-state index contributed by atoms with van der Waals surface area (Å²) in [6, 6.07) is 5.80. The van der Waals surface area contributed by atoms with Crippen molar-refractivity contribution in [2.45, 2.75) is 39.7 Å². The molecule has 132 valence electrons. The molecular formula is C18H29N5O. The van der Waals surface area contributed by atoms with E-state index in [1.807, 2.05) is 30.0 Å². The van der Waals surface area contributed by atoms with Gasteiger partial charge in [-0.25, -0.2) is 4.99 Å². The average Bonchev–Trinajstić information content (AvgIpc) is 2.60. The molecule has 0 aliphatic carbocycles. The fourth-order valence-corrected chi connectivity index (χ4v) is 2.86. The Morgan fingerprint density at radius 1 is 1.42 bits per heavy atom. The van der Waals surface area contributed by atoms with Crippen molar-refractivity contribution in [2.75, 3.05) is 26.2 Å². The van der Waals surface area contributed by atoms with Gasteiger partial charge in [0.1, 0.15) is 0 Å². The first-order valence-corrected chi connectivity index (χ1v) is 8.89. The summed E-state index contributed by atoms with van der Waals surface area (Å²) >= 11 is 0. The number of piperidine rings is 1. The number of nitrogens with zero attached hydrogens (tertiary/aromatic N) is 3. The predicted molar refractivity (Wildman–Crippen MR) is 96.7 cm³/mol. The van der Waals surface area contributed by atoms with E-state index in [4.69, 9.17) is 0 Å². The smallest absolute Gasteiger partial charge is 0.224 e. The Morgan fingerprint density at radius 3 is 3.00 bits per heavy atom. The first-order valence-electron chi connectivity index (χ1n) is 8.89. The lowest BCUT2D eigenvalue weighted by Gasteiger charge is -2.31. The summed E-state index contributed by atoms with van der Waals surface area (Å²) in [4.78, 5) is 23.0. The van der Waals surface area contributed by atoms with E-state index in [1.165, 1.54) is 6.42 Å². The predicted octanol–water partition coefficient (Wildman–Crippen LogP) is 1.79. The summed E-state index contributed by atoms with van der Waals surface area (Å²) in [5.74, 6) is 1.57. The van der Waals surface area contributed by atoms with Crippen LogP contribution in [-0.4, -0.2) is 47.9 Å². The molecular weight excluding hydrogens is 302 g/mol. The number of amides is 1. The van der Waals surface area contributed by atoms with Crippen LogP contribution in [0.25, 0.3) is 0 Å². The molecule has 1 aliphatic rings. The molecule has 2 rings (SSSR count). The number of hydrogen-bond acceptors (Lipinski definition) is 3. The van der Waals surface area contributed by atoms with Gasteiger partial charge in [-0.15, -0.1) is 0 Å². The molecule has 1 aromatic heterocycles. The first kappa shape index (κ1) is 18.2. The number of aliphatic imine (C=N–C) groups is 1. The molecule has 0 radical (unpaired) electrons. The van der Waals surface area contributed by atoms with Crippen molar-refractivity contribution in [3.05, 3.63) is 30.1 Å². The molecule has 24 heavy (non-hydrogen) atoms. The van der Waals surface area contributed by atoms with Gasteiger partial charge in [0.15, 0.2) is 5.96 Å². The van der Waals surface area contributed by atoms with Gasteiger partial charge < -0.3 is 15.5 Å². The first-order chi connectivity index (χ1) is 11.7. The lowest BCUT2D eigenvalue weighted by Crippen LogP contribution is -2.42. The van der Waals surface area contributed by atoms with Crippen LogP contribution in [0, 0.1) is 5.92 Å². The lowest BCUT2D eigenvalue weighted by molar-refractivity contribution is -0.132. The molecule has 1 atom stereocenters. The zero-order valence-corrected chi connectivity index (χ0v) is 14.8. The Labute approximate surface area is 144 Å². The number of guanidine groups is 1. The number of aromatic nitrogens is 1. The lowest BCUT2D eigenvalue weighted by atomic mass is 10.00. The topological polar surface area (TPSA) is 69.6 Å². The Hall–Kier alpha value is -2.11. The second-order valence-corrected chi connectivity index (χ2v) is 6.28. The average molecular weight is 331 g/mol. The van der Waals surface area contributed by atoms with Crippen LogP contribution < -0.4 is 10.6 Å². The van der Waals surface area contributed by atoms with Crippen molar-refractivity contribution >= 4 is 11.9 Å². The van der Waals surface area contributed by atoms with Crippen LogP contribution in [0.15, 0.2) is 29.4 Å². The van der Waals surface area contributed by atoms with Gasteiger partial charge in [0.25, 0.3) is 0 Å². The van der Waals surface area contributed by atoms with Crippen LogP contribution in [0.3, 0.4) is 0 Å². The number of likely N-dealkylation sites (tertiary alicyclic amines) is 1. The molecule has 0 spiro atoms. The maximum Gasteiger partial charge on any atom is 0.224 e. The molecule has 2 N–H and O–H groups in total. The summed E-state index contributed by atoms with van der Waals surface area (Å²) in [5, 5.41) is 6.44. The standard InChI is InChI=1S/C18H29N5O/c1-3-19-18(22-13-16-8-4-5-10-20-16)21-11-9-17(24)23-12-6-7-15(2)14-23/h4-5,8,10,15H,3,6-7,9,11-14H2,1-2H3,(H2,19,21,22). The molecule has 6 heteroatoms. The molecule has 1 fully saturated rings. The Bertz CT molecular complexity index is 531. The molecule has 2 heterocycles. The monoisotopic (exact) mass is 331 g/mol. The van der Waals surface area contributed by atoms with E-state index >= 15 is 0 Å². The quantitative estimate of drug-likeness (QED) is 0.616. The van der Waals surface area contributed by atoms with Crippen molar-refractivity contribution in [2.24, 2.45) is 10.9 Å². The summed E-state index contributed by atoms with van der Waals surface area (Å²) in [6.45, 7) is 7.93. The van der Waals surface area contributed by atoms with E-state index in [-0.39, 0.29) is 5.91 Å². The van der Waals surface area contributed by atoms with Gasteiger partial charge in [-0.3, -0.25) is 9.78 Å². The molecule has 1 unspecified atom stereocenters. The van der Waals surface area contributed by atoms with Gasteiger partial charge in [0.05, 0.1) is 12.2 Å². The van der Waals surface area contributed by atoms with Crippen molar-refractivity contribution in [1.82, 2.24) is 20.5 Å². The second kappa shape index (κ2) is 9.90. The summed E-state index contributed by atoms with van der Waals surface area (Å²) in [5.41, 5.74) is 0.924. The Balaban J connectivity index is 1.77. The number of hydrogen-bond donors (Lipinski definition) is 2. The number of nitrogens with one attached hydrogen (secondary N) is 2. The number of pyridine rings is 1. The highest BCUT2D eigenvalue weighted by Gasteiger charge is 2.20. The molecule has 1 amide bonds. The zero-order valence-electron chi connectivity index (χ0n) is 14.8. The van der Waals surface area contributed by atoms with E-state index < -0.39 is 0 Å². The van der Waals surface area contributed by atoms with Gasteiger partial charge >= 0.3 is 0 Å². The van der Waals surface area contributed by atoms with Crippen LogP contribution >= 0.6 is 0 Å². The van der Waals surface area contributed by atoms with Crippen LogP contribution in [-0.2, 0) is 11.3 Å². The highest BCUT2D eigenvalue weighted by atomic mass is 16.2. The SMILES string of the molecule is CCNC(=NCc1ccccn1)NCCC(=O)N1CCCC(C)C1. The normalized spacial score (nSPS) is 18.3. The van der Waals surface area contributed by atoms with Crippen molar-refractivity contribution in [3.63, 3.8) is 0 Å². The number of rotatable bonds is 6. The fourth-order valence-electron chi connectivity index (χ4n) is 2.86. The second-order valence-electron chi connectivity index (χ2n) is 6.28. The highest BCUT2D eigenvalue weighted by Crippen LogP contribution is 2.15. The van der Waals surface area contributed by atoms with Gasteiger partial charge in [-0.1, -0.05) is 13.0 Å². The third kappa shape index (κ3) is 6.18. The van der Waals surface area contributed by atoms with E-state index in [0.29, 0.717) is 25.4 Å². The minimum atomic E-state index is 0.231. The van der Waals surface area contributed by atoms with E-state index in [1.54, 1.807) is 6.20 Å². The van der Waals surface area contributed by atoms with Crippen LogP contribution in [0.2, 0.25) is 0 Å². The summed E-state index contributed by atoms with van der Waals surface area (Å²) in [7, 11) is 0. The van der Waals surface area contributed by atoms with Crippen LogP contribution in [0.1, 0.15) is 38.8 Å². The van der Waals surface area contributed by atoms with Gasteiger partial charge in [-0.2, -0.15) is 0 Å². The van der Waals surface area contributed by atoms with Crippen LogP contribution in [0.4, 0.5) is 0 Å². The maximum atomic E-state index is 12.3. The van der Waals surface area contributed by atoms with Crippen molar-refractivity contribution < 1.29 is 4.79 Å². The third-order valence-corrected chi connectivity index (χ3v) is 4.11. The molecule has 0 saturated carbocycles. The molecule has 6 nitrogen and oxygen atoms in total. The molecule has 1 aromatic rings. The van der Waals surface area contributed by atoms with Crippen molar-refractivity contribution in [1.29, 1.82) is 0 Å². The summed E-state index contributed by atoms with van der Waals surface area (Å²) < 4.78 is 0. The fraction of sp³-hybridized carbons (Fsp3) is 0.611. The minimum absolute atomic E-state index is 0.231. The molecule has 1 aliphatic heterocycles. The largest absolute Gasteiger partial charge is 0.357 e. The van der Waals surface area contributed by atoms with Gasteiger partial charge in [0.2, 0.25) is 5.91 Å². The van der Waals surface area contributed by atoms with Crippen molar-refractivity contribution in [3.8, 4) is 0 Å². The number of carbonyl (C=O) groups excluding carboxylic acids is 1. The Kier molecular flexibility index (Phi) is 7.52. The highest BCUT2D eigenvalue weighted by molar-refractivity contribution is 5.81. The van der Waals surface area contributed by atoms with E-state index in [9.17, 15) is 4.79 Å². The van der Waals surface area contributed by atoms with Gasteiger partial charge in [-0.05, 0) is 37.8 Å². The van der Waals surface area contributed by atoms with E-state index in [2.05, 4.69) is 27.5 Å². The minimum Gasteiger partial charge on any atom is -0.357 e. The zero-order chi connectivity index (χ0) is 17.2. The maximum absolute atomic E-state index is 12.3. The Morgan fingerprint density at radius 2 is 2.29 bits per heavy atom. The van der Waals surface area contributed by atoms with Gasteiger partial charge in [0, 0.05) is 38.8 Å². The molecule has 0 bridgehead atoms. The number of carbonyl (C=O) groups is 1.